The lowest BCUT2D eigenvalue weighted by Crippen LogP contribution is -2.46. The Bertz CT molecular complexity index is 1050. The molecule has 0 amide bonds. The molecule has 3 heteroatoms. The second kappa shape index (κ2) is 14.5. The molecule has 36 heavy (non-hydrogen) atoms. The van der Waals surface area contributed by atoms with E-state index >= 15 is 0 Å². The number of hydrogen-bond donors (Lipinski definition) is 0. The minimum absolute atomic E-state index is 0.586. The standard InChI is InChI=1S/C18H21B.C15H20N2/c1-4-10-16(11-5-1)19(17-12-6-2-7-13-17)18-14-8-3-9-15-18;1-2-3-4-5-6-14-7-9-15(10-8-14)17-12-11-16-13-17/h1-2,4-7,10-13,18H,3,8-9,14-15H2;7-13H,2-6H2,1H3. The fourth-order valence-electron chi connectivity index (χ4n) is 5.53. The largest absolute Gasteiger partial charge is 0.306 e. The van der Waals surface area contributed by atoms with Crippen LogP contribution in [0.25, 0.3) is 5.69 Å². The molecule has 1 saturated carbocycles. The quantitative estimate of drug-likeness (QED) is 0.179. The Morgan fingerprint density at radius 1 is 0.750 bits per heavy atom. The fraction of sp³-hybridized carbons (Fsp3) is 0.364. The van der Waals surface area contributed by atoms with Crippen LogP contribution in [0.5, 0.6) is 0 Å². The van der Waals surface area contributed by atoms with Crippen LogP contribution in [-0.4, -0.2) is 16.3 Å². The maximum atomic E-state index is 4.05. The zero-order valence-electron chi connectivity index (χ0n) is 21.9. The second-order valence-electron chi connectivity index (χ2n) is 10.1. The van der Waals surface area contributed by atoms with Gasteiger partial charge in [0.1, 0.15) is 0 Å². The Hall–Kier alpha value is -3.07. The number of unbranched alkanes of at least 4 members (excludes halogenated alkanes) is 3. The van der Waals surface area contributed by atoms with Crippen molar-refractivity contribution in [2.75, 3.05) is 0 Å². The highest BCUT2D eigenvalue weighted by atomic mass is 15.0. The molecule has 0 saturated heterocycles. The molecule has 1 fully saturated rings. The van der Waals surface area contributed by atoms with Crippen molar-refractivity contribution in [3.63, 3.8) is 0 Å². The Balaban J connectivity index is 0.000000170. The van der Waals surface area contributed by atoms with Crippen LogP contribution >= 0.6 is 0 Å². The maximum absolute atomic E-state index is 4.05. The molecule has 1 heterocycles. The van der Waals surface area contributed by atoms with Gasteiger partial charge in [-0.1, -0.05) is 148 Å². The van der Waals surface area contributed by atoms with E-state index in [-0.39, 0.29) is 0 Å². The number of benzene rings is 3. The molecule has 5 rings (SSSR count). The second-order valence-corrected chi connectivity index (χ2v) is 10.1. The predicted octanol–water partition coefficient (Wildman–Crippen LogP) is 7.63. The highest BCUT2D eigenvalue weighted by Gasteiger charge is 2.29. The number of hydrogen-bond acceptors (Lipinski definition) is 1. The van der Waals surface area contributed by atoms with Gasteiger partial charge in [0, 0.05) is 18.1 Å². The summed E-state index contributed by atoms with van der Waals surface area (Å²) in [6.07, 6.45) is 19.1. The first kappa shape index (κ1) is 26.0. The number of nitrogens with zero attached hydrogens (tertiary/aromatic N) is 2. The summed E-state index contributed by atoms with van der Waals surface area (Å²) >= 11 is 0. The molecule has 0 radical (unpaired) electrons. The van der Waals surface area contributed by atoms with Gasteiger partial charge >= 0.3 is 0 Å². The van der Waals surface area contributed by atoms with Gasteiger partial charge < -0.3 is 4.57 Å². The molecule has 0 atom stereocenters. The van der Waals surface area contributed by atoms with Crippen LogP contribution in [0.2, 0.25) is 5.82 Å². The molecule has 0 spiro atoms. The first-order valence-corrected chi connectivity index (χ1v) is 14.0. The molecular formula is C33H41BN2. The summed E-state index contributed by atoms with van der Waals surface area (Å²) in [5.41, 5.74) is 5.59. The zero-order valence-corrected chi connectivity index (χ0v) is 21.9. The summed E-state index contributed by atoms with van der Waals surface area (Å²) in [5.74, 6) is 0.818. The number of aryl methyl sites for hydroxylation is 1. The fourth-order valence-corrected chi connectivity index (χ4v) is 5.53. The van der Waals surface area contributed by atoms with Crippen molar-refractivity contribution < 1.29 is 0 Å². The Morgan fingerprint density at radius 3 is 1.94 bits per heavy atom. The molecule has 1 aromatic heterocycles. The van der Waals surface area contributed by atoms with Crippen LogP contribution in [0.1, 0.15) is 70.3 Å². The first-order valence-electron chi connectivity index (χ1n) is 14.0. The van der Waals surface area contributed by atoms with Crippen LogP contribution in [0.4, 0.5) is 0 Å². The Kier molecular flexibility index (Phi) is 10.5. The molecule has 4 aromatic rings. The van der Waals surface area contributed by atoms with E-state index in [9.17, 15) is 0 Å². The van der Waals surface area contributed by atoms with Crippen LogP contribution in [-0.2, 0) is 6.42 Å². The van der Waals surface area contributed by atoms with Crippen LogP contribution < -0.4 is 10.9 Å². The molecule has 0 N–H and O–H groups in total. The van der Waals surface area contributed by atoms with Gasteiger partial charge in [-0.05, 0) is 30.5 Å². The van der Waals surface area contributed by atoms with Gasteiger partial charge in [-0.2, -0.15) is 0 Å². The van der Waals surface area contributed by atoms with Gasteiger partial charge in [-0.3, -0.25) is 0 Å². The van der Waals surface area contributed by atoms with Crippen molar-refractivity contribution in [1.82, 2.24) is 9.55 Å². The lowest BCUT2D eigenvalue weighted by atomic mass is 9.32. The average Bonchev–Trinajstić information content (AvgIpc) is 3.49. The Morgan fingerprint density at radius 2 is 1.39 bits per heavy atom. The van der Waals surface area contributed by atoms with Gasteiger partial charge in [0.05, 0.1) is 6.33 Å². The lowest BCUT2D eigenvalue weighted by Gasteiger charge is -2.28. The van der Waals surface area contributed by atoms with Crippen molar-refractivity contribution >= 4 is 17.6 Å². The maximum Gasteiger partial charge on any atom is 0.212 e. The number of aromatic nitrogens is 2. The van der Waals surface area contributed by atoms with E-state index in [2.05, 4.69) is 96.8 Å². The van der Waals surface area contributed by atoms with Gasteiger partial charge in [0.15, 0.2) is 0 Å². The van der Waals surface area contributed by atoms with Gasteiger partial charge in [-0.15, -0.1) is 0 Å². The van der Waals surface area contributed by atoms with E-state index in [4.69, 9.17) is 0 Å². The highest BCUT2D eigenvalue weighted by molar-refractivity contribution is 6.86. The molecule has 0 unspecified atom stereocenters. The number of imidazole rings is 1. The summed E-state index contributed by atoms with van der Waals surface area (Å²) in [7, 11) is 0. The highest BCUT2D eigenvalue weighted by Crippen LogP contribution is 2.31. The van der Waals surface area contributed by atoms with Crippen LogP contribution in [0.15, 0.2) is 104 Å². The van der Waals surface area contributed by atoms with E-state index in [1.165, 1.54) is 86.4 Å². The molecule has 3 aromatic carbocycles. The third-order valence-electron chi connectivity index (χ3n) is 7.50. The minimum Gasteiger partial charge on any atom is -0.306 e. The predicted molar refractivity (Wildman–Crippen MR) is 156 cm³/mol. The zero-order chi connectivity index (χ0) is 24.8. The summed E-state index contributed by atoms with van der Waals surface area (Å²) in [6, 6.07) is 30.9. The van der Waals surface area contributed by atoms with Crippen molar-refractivity contribution in [3.05, 3.63) is 109 Å². The summed E-state index contributed by atoms with van der Waals surface area (Å²) < 4.78 is 2.03. The normalized spacial score (nSPS) is 13.6. The number of rotatable bonds is 9. The van der Waals surface area contributed by atoms with E-state index < -0.39 is 0 Å². The summed E-state index contributed by atoms with van der Waals surface area (Å²) in [4.78, 5) is 4.05. The third kappa shape index (κ3) is 7.72. The lowest BCUT2D eigenvalue weighted by molar-refractivity contribution is 0.499. The minimum atomic E-state index is 0.586. The van der Waals surface area contributed by atoms with Crippen molar-refractivity contribution in [2.24, 2.45) is 0 Å². The molecule has 2 nitrogen and oxygen atoms in total. The molecular weight excluding hydrogens is 435 g/mol. The van der Waals surface area contributed by atoms with E-state index in [0.717, 1.165) is 5.82 Å². The average molecular weight is 477 g/mol. The van der Waals surface area contributed by atoms with Crippen LogP contribution in [0.3, 0.4) is 0 Å². The van der Waals surface area contributed by atoms with E-state index in [1.54, 1.807) is 6.20 Å². The van der Waals surface area contributed by atoms with Gasteiger partial charge in [0.25, 0.3) is 0 Å². The Labute approximate surface area is 218 Å². The molecule has 0 aliphatic heterocycles. The SMILES string of the molecule is CCCCCCc1ccc(-n2ccnc2)cc1.c1ccc(B(c2ccccc2)C2CCCCC2)cc1. The summed E-state index contributed by atoms with van der Waals surface area (Å²) in [6.45, 7) is 2.84. The van der Waals surface area contributed by atoms with Gasteiger partial charge in [-0.25, -0.2) is 4.98 Å². The van der Waals surface area contributed by atoms with Gasteiger partial charge in [0.2, 0.25) is 6.71 Å². The van der Waals surface area contributed by atoms with Crippen LogP contribution in [0, 0.1) is 0 Å². The third-order valence-corrected chi connectivity index (χ3v) is 7.50. The summed E-state index contributed by atoms with van der Waals surface area (Å²) in [5, 5.41) is 0. The molecule has 1 aliphatic rings. The van der Waals surface area contributed by atoms with Crippen molar-refractivity contribution in [2.45, 2.75) is 76.9 Å². The van der Waals surface area contributed by atoms with E-state index in [1.807, 2.05) is 17.1 Å². The van der Waals surface area contributed by atoms with Crippen molar-refractivity contribution in [3.8, 4) is 5.69 Å². The first-order chi connectivity index (χ1) is 17.8. The molecule has 1 aliphatic carbocycles. The molecule has 186 valence electrons. The monoisotopic (exact) mass is 476 g/mol. The molecule has 0 bridgehead atoms. The van der Waals surface area contributed by atoms with E-state index in [0.29, 0.717) is 6.71 Å². The smallest absolute Gasteiger partial charge is 0.212 e. The van der Waals surface area contributed by atoms with Crippen molar-refractivity contribution in [1.29, 1.82) is 0 Å². The topological polar surface area (TPSA) is 17.8 Å².